The van der Waals surface area contributed by atoms with Gasteiger partial charge in [-0.05, 0) is 96.4 Å². The lowest BCUT2D eigenvalue weighted by Crippen LogP contribution is -2.52. The summed E-state index contributed by atoms with van der Waals surface area (Å²) in [6.45, 7) is 8.09. The molecule has 1 saturated carbocycles. The first-order valence-electron chi connectivity index (χ1n) is 13.9. The second-order valence-electron chi connectivity index (χ2n) is 11.5. The number of aryl methyl sites for hydroxylation is 2. The minimum absolute atomic E-state index is 0.0226. The number of amides is 2. The first-order chi connectivity index (χ1) is 18.6. The average Bonchev–Trinajstić information content (AvgIpc) is 2.87. The molecule has 8 nitrogen and oxygen atoms in total. The van der Waals surface area contributed by atoms with Gasteiger partial charge in [0.1, 0.15) is 5.75 Å². The zero-order valence-corrected chi connectivity index (χ0v) is 23.8. The lowest BCUT2D eigenvalue weighted by molar-refractivity contribution is 0.0366. The van der Waals surface area contributed by atoms with Crippen molar-refractivity contribution in [3.8, 4) is 11.6 Å². The topological polar surface area (TPSA) is 101 Å². The first-order valence-corrected chi connectivity index (χ1v) is 13.9. The quantitative estimate of drug-likeness (QED) is 0.477. The molecule has 0 atom stereocenters. The summed E-state index contributed by atoms with van der Waals surface area (Å²) in [6.07, 6.45) is 8.68. The molecule has 4 rings (SSSR count). The molecule has 0 saturated heterocycles. The number of hydrogen-bond donors (Lipinski definition) is 2. The van der Waals surface area contributed by atoms with Crippen LogP contribution in [-0.2, 0) is 19.4 Å². The molecule has 39 heavy (non-hydrogen) atoms. The highest BCUT2D eigenvalue weighted by atomic mass is 16.5. The second-order valence-corrected chi connectivity index (χ2v) is 11.5. The molecule has 2 heterocycles. The van der Waals surface area contributed by atoms with Crippen molar-refractivity contribution in [2.45, 2.75) is 96.9 Å². The number of fused-ring (bicyclic) bond motifs is 2. The number of aromatic nitrogens is 1. The minimum Gasteiger partial charge on any atom is -0.490 e. The Morgan fingerprint density at radius 1 is 1.13 bits per heavy atom. The maximum Gasteiger partial charge on any atom is 0.407 e. The van der Waals surface area contributed by atoms with Gasteiger partial charge in [-0.3, -0.25) is 4.79 Å². The maximum absolute atomic E-state index is 13.4. The Bertz CT molecular complexity index is 1230. The Morgan fingerprint density at radius 3 is 2.54 bits per heavy atom. The van der Waals surface area contributed by atoms with E-state index in [4.69, 9.17) is 9.47 Å². The second kappa shape index (κ2) is 12.1. The fraction of sp³-hybridized carbons (Fsp3) is 0.516. The zero-order valence-electron chi connectivity index (χ0n) is 23.8. The Morgan fingerprint density at radius 2 is 1.87 bits per heavy atom. The molecule has 1 fully saturated rings. The number of hydrogen-bond acceptors (Lipinski definition) is 5. The summed E-state index contributed by atoms with van der Waals surface area (Å²) in [5.74, 6) is 1.10. The van der Waals surface area contributed by atoms with E-state index in [-0.39, 0.29) is 18.1 Å². The highest BCUT2D eigenvalue weighted by Crippen LogP contribution is 2.33. The molecular formula is C31H41N3O5. The molecule has 1 aliphatic heterocycles. The smallest absolute Gasteiger partial charge is 0.407 e. The molecule has 0 radical (unpaired) electrons. The van der Waals surface area contributed by atoms with Crippen molar-refractivity contribution < 1.29 is 24.2 Å². The SMILES string of the molecule is COc1nc(C)cc2c1CNC(=O)c1cccc(OC3CCC(N(C(=O)O)C(C)(C)C)CC3)c1CC=CCC2. The number of carboxylic acid groups (broad SMARTS) is 1. The van der Waals surface area contributed by atoms with Gasteiger partial charge in [0.25, 0.3) is 5.91 Å². The van der Waals surface area contributed by atoms with Crippen LogP contribution in [0.3, 0.4) is 0 Å². The molecule has 0 unspecified atom stereocenters. The summed E-state index contributed by atoms with van der Waals surface area (Å²) >= 11 is 0. The maximum atomic E-state index is 13.4. The van der Waals surface area contributed by atoms with Gasteiger partial charge in [0.2, 0.25) is 5.88 Å². The van der Waals surface area contributed by atoms with E-state index < -0.39 is 11.6 Å². The summed E-state index contributed by atoms with van der Waals surface area (Å²) in [4.78, 5) is 31.4. The van der Waals surface area contributed by atoms with Crippen LogP contribution in [-0.4, -0.2) is 51.8 Å². The number of allylic oxidation sites excluding steroid dienone is 2. The van der Waals surface area contributed by atoms with E-state index in [9.17, 15) is 14.7 Å². The minimum atomic E-state index is -0.876. The molecular weight excluding hydrogens is 494 g/mol. The van der Waals surface area contributed by atoms with E-state index in [0.29, 0.717) is 30.2 Å². The highest BCUT2D eigenvalue weighted by molar-refractivity contribution is 5.96. The molecule has 2 amide bonds. The molecule has 1 aromatic carbocycles. The number of carbonyl (C=O) groups excluding carboxylic acids is 1. The van der Waals surface area contributed by atoms with Crippen LogP contribution in [0.2, 0.25) is 0 Å². The number of carbonyl (C=O) groups is 2. The molecule has 1 aromatic heterocycles. The van der Waals surface area contributed by atoms with Gasteiger partial charge in [0.15, 0.2) is 0 Å². The Balaban J connectivity index is 1.53. The van der Waals surface area contributed by atoms with Crippen molar-refractivity contribution in [2.24, 2.45) is 0 Å². The van der Waals surface area contributed by atoms with Gasteiger partial charge in [0, 0.05) is 40.5 Å². The van der Waals surface area contributed by atoms with Crippen LogP contribution in [0.4, 0.5) is 4.79 Å². The molecule has 8 heteroatoms. The molecule has 2 N–H and O–H groups in total. The standard InChI is InChI=1S/C31H41N3O5/c1-20-18-21-10-7-6-8-11-24-25(28(35)32-19-26(21)29(33-20)38-5)12-9-13-27(24)39-23-16-14-22(15-17-23)34(30(36)37)31(2,3)4/h6,8-9,12-13,18,22-23H,7,10-11,14-17,19H2,1-5H3,(H,32,35)(H,36,37). The molecule has 210 valence electrons. The van der Waals surface area contributed by atoms with E-state index in [1.165, 1.54) is 0 Å². The number of rotatable bonds is 4. The van der Waals surface area contributed by atoms with Crippen LogP contribution in [0.5, 0.6) is 11.6 Å². The molecule has 0 spiro atoms. The van der Waals surface area contributed by atoms with Gasteiger partial charge < -0.3 is 24.8 Å². The van der Waals surface area contributed by atoms with Crippen LogP contribution in [0, 0.1) is 6.92 Å². The predicted molar refractivity (Wildman–Crippen MR) is 151 cm³/mol. The van der Waals surface area contributed by atoms with E-state index in [1.807, 2.05) is 45.9 Å². The van der Waals surface area contributed by atoms with Crippen molar-refractivity contribution in [2.75, 3.05) is 7.11 Å². The molecule has 2 aromatic rings. The third kappa shape index (κ3) is 6.72. The number of nitrogens with zero attached hydrogens (tertiary/aromatic N) is 2. The van der Waals surface area contributed by atoms with Crippen molar-refractivity contribution in [1.82, 2.24) is 15.2 Å². The number of benzene rings is 1. The average molecular weight is 536 g/mol. The summed E-state index contributed by atoms with van der Waals surface area (Å²) in [6, 6.07) is 7.68. The number of pyridine rings is 1. The van der Waals surface area contributed by atoms with E-state index >= 15 is 0 Å². The van der Waals surface area contributed by atoms with Crippen molar-refractivity contribution >= 4 is 12.0 Å². The third-order valence-corrected chi connectivity index (χ3v) is 7.60. The largest absolute Gasteiger partial charge is 0.490 e. The fourth-order valence-corrected chi connectivity index (χ4v) is 5.83. The monoisotopic (exact) mass is 535 g/mol. The van der Waals surface area contributed by atoms with Gasteiger partial charge >= 0.3 is 6.09 Å². The number of methoxy groups -OCH3 is 1. The normalized spacial score (nSPS) is 20.0. The Hall–Kier alpha value is -3.55. The Kier molecular flexibility index (Phi) is 8.83. The molecule has 2 aliphatic rings. The zero-order chi connectivity index (χ0) is 28.2. The van der Waals surface area contributed by atoms with Gasteiger partial charge in [0.05, 0.1) is 13.2 Å². The fourth-order valence-electron chi connectivity index (χ4n) is 5.83. The van der Waals surface area contributed by atoms with Gasteiger partial charge in [-0.1, -0.05) is 18.2 Å². The summed E-state index contributed by atoms with van der Waals surface area (Å²) < 4.78 is 12.0. The van der Waals surface area contributed by atoms with E-state index in [1.54, 1.807) is 12.0 Å². The van der Waals surface area contributed by atoms with Crippen LogP contribution >= 0.6 is 0 Å². The Labute approximate surface area is 231 Å². The van der Waals surface area contributed by atoms with Gasteiger partial charge in [-0.2, -0.15) is 0 Å². The van der Waals surface area contributed by atoms with Gasteiger partial charge in [-0.15, -0.1) is 0 Å². The number of nitrogens with one attached hydrogen (secondary N) is 1. The van der Waals surface area contributed by atoms with Crippen LogP contribution in [0.1, 0.15) is 85.6 Å². The molecule has 0 bridgehead atoms. The van der Waals surface area contributed by atoms with E-state index in [0.717, 1.165) is 60.9 Å². The summed E-state index contributed by atoms with van der Waals surface area (Å²) in [5, 5.41) is 12.9. The lowest BCUT2D eigenvalue weighted by Gasteiger charge is -2.42. The van der Waals surface area contributed by atoms with Crippen LogP contribution < -0.4 is 14.8 Å². The van der Waals surface area contributed by atoms with Crippen molar-refractivity contribution in [3.05, 3.63) is 64.4 Å². The number of ether oxygens (including phenoxy) is 2. The summed E-state index contributed by atoms with van der Waals surface area (Å²) in [5.41, 5.74) is 3.94. The highest BCUT2D eigenvalue weighted by Gasteiger charge is 2.36. The third-order valence-electron chi connectivity index (χ3n) is 7.60. The van der Waals surface area contributed by atoms with E-state index in [2.05, 4.69) is 28.5 Å². The van der Waals surface area contributed by atoms with Crippen LogP contribution in [0.25, 0.3) is 0 Å². The predicted octanol–water partition coefficient (Wildman–Crippen LogP) is 5.84. The van der Waals surface area contributed by atoms with Crippen molar-refractivity contribution in [1.29, 1.82) is 0 Å². The summed E-state index contributed by atoms with van der Waals surface area (Å²) in [7, 11) is 1.61. The van der Waals surface area contributed by atoms with Crippen molar-refractivity contribution in [3.63, 3.8) is 0 Å². The lowest BCUT2D eigenvalue weighted by atomic mass is 9.89. The van der Waals surface area contributed by atoms with Gasteiger partial charge in [-0.25, -0.2) is 9.78 Å². The molecule has 1 aliphatic carbocycles. The van der Waals surface area contributed by atoms with Crippen LogP contribution in [0.15, 0.2) is 36.4 Å². The first kappa shape index (κ1) is 28.5.